The normalized spacial score (nSPS) is 23.8. The molecule has 0 saturated carbocycles. The fourth-order valence-electron chi connectivity index (χ4n) is 3.88. The molecule has 7 heteroatoms. The van der Waals surface area contributed by atoms with Crippen molar-refractivity contribution < 1.29 is 23.0 Å². The van der Waals surface area contributed by atoms with Crippen LogP contribution in [0.4, 0.5) is 8.78 Å². The number of amides is 1. The number of piperidine rings is 1. The van der Waals surface area contributed by atoms with E-state index >= 15 is 0 Å². The van der Waals surface area contributed by atoms with E-state index in [4.69, 9.17) is 9.47 Å². The molecule has 4 rings (SSSR count). The summed E-state index contributed by atoms with van der Waals surface area (Å²) >= 11 is 0. The van der Waals surface area contributed by atoms with Crippen LogP contribution < -0.4 is 4.74 Å². The SMILES string of the molecule is COCCN1C(=O)C2CCC1CN(Cc1c(OC)ccc(F)c1F)C2. The van der Waals surface area contributed by atoms with Crippen molar-refractivity contribution in [1.82, 2.24) is 9.80 Å². The van der Waals surface area contributed by atoms with E-state index in [9.17, 15) is 13.6 Å². The first kappa shape index (κ1) is 18.1. The average molecular weight is 354 g/mol. The summed E-state index contributed by atoms with van der Waals surface area (Å²) in [6, 6.07) is 2.60. The van der Waals surface area contributed by atoms with Crippen LogP contribution in [0.5, 0.6) is 5.75 Å². The number of carbonyl (C=O) groups is 1. The standard InChI is InChI=1S/C18H24F2N2O3/c1-24-8-7-22-13-4-3-12(18(22)23)9-21(10-13)11-14-16(25-2)6-5-15(19)17(14)20/h5-6,12-13H,3-4,7-11H2,1-2H3. The Morgan fingerprint density at radius 3 is 2.72 bits per heavy atom. The highest BCUT2D eigenvalue weighted by Crippen LogP contribution is 2.32. The summed E-state index contributed by atoms with van der Waals surface area (Å²) in [5, 5.41) is 0. The molecule has 3 aliphatic rings. The Morgan fingerprint density at radius 1 is 1.20 bits per heavy atom. The second-order valence-electron chi connectivity index (χ2n) is 6.69. The molecule has 2 bridgehead atoms. The predicted octanol–water partition coefficient (Wildman–Crippen LogP) is 2.04. The maximum absolute atomic E-state index is 14.3. The van der Waals surface area contributed by atoms with Crippen LogP contribution in [0.3, 0.4) is 0 Å². The summed E-state index contributed by atoms with van der Waals surface area (Å²) in [7, 11) is 3.06. The van der Waals surface area contributed by atoms with Gasteiger partial charge in [-0.1, -0.05) is 0 Å². The molecule has 0 aliphatic carbocycles. The summed E-state index contributed by atoms with van der Waals surface area (Å²) in [5.41, 5.74) is 0.208. The molecule has 1 aromatic rings. The second-order valence-corrected chi connectivity index (χ2v) is 6.69. The monoisotopic (exact) mass is 354 g/mol. The van der Waals surface area contributed by atoms with E-state index in [2.05, 4.69) is 0 Å². The third-order valence-corrected chi connectivity index (χ3v) is 5.16. The van der Waals surface area contributed by atoms with Crippen LogP contribution in [-0.2, 0) is 16.1 Å². The number of carbonyl (C=O) groups excluding carboxylic acids is 1. The number of fused-ring (bicyclic) bond motifs is 4. The Hall–Kier alpha value is -1.73. The van der Waals surface area contributed by atoms with E-state index in [0.717, 1.165) is 18.9 Å². The number of halogens is 2. The van der Waals surface area contributed by atoms with Gasteiger partial charge in [0.05, 0.1) is 19.6 Å². The van der Waals surface area contributed by atoms with Crippen LogP contribution in [0.1, 0.15) is 18.4 Å². The van der Waals surface area contributed by atoms with Crippen LogP contribution in [0.25, 0.3) is 0 Å². The Labute approximate surface area is 146 Å². The van der Waals surface area contributed by atoms with E-state index in [1.807, 2.05) is 9.80 Å². The highest BCUT2D eigenvalue weighted by Gasteiger charge is 2.40. The molecule has 3 aliphatic heterocycles. The first-order chi connectivity index (χ1) is 12.0. The van der Waals surface area contributed by atoms with Gasteiger partial charge in [0.2, 0.25) is 5.91 Å². The zero-order chi connectivity index (χ0) is 18.0. The first-order valence-corrected chi connectivity index (χ1v) is 8.57. The molecule has 3 saturated heterocycles. The number of ether oxygens (including phenoxy) is 2. The number of benzene rings is 1. The maximum atomic E-state index is 14.3. The molecule has 5 nitrogen and oxygen atoms in total. The molecule has 0 aromatic heterocycles. The quantitative estimate of drug-likeness (QED) is 0.784. The van der Waals surface area contributed by atoms with E-state index in [1.165, 1.54) is 13.2 Å². The minimum absolute atomic E-state index is 0.0871. The molecule has 1 aromatic carbocycles. The molecule has 2 atom stereocenters. The van der Waals surface area contributed by atoms with Gasteiger partial charge in [-0.2, -0.15) is 0 Å². The first-order valence-electron chi connectivity index (χ1n) is 8.57. The van der Waals surface area contributed by atoms with Crippen molar-refractivity contribution in [3.63, 3.8) is 0 Å². The lowest BCUT2D eigenvalue weighted by atomic mass is 9.94. The molecule has 25 heavy (non-hydrogen) atoms. The van der Waals surface area contributed by atoms with Crippen LogP contribution in [-0.4, -0.2) is 62.2 Å². The fourth-order valence-corrected chi connectivity index (χ4v) is 3.88. The summed E-state index contributed by atoms with van der Waals surface area (Å²) < 4.78 is 38.2. The molecule has 0 spiro atoms. The fraction of sp³-hybridized carbons (Fsp3) is 0.611. The van der Waals surface area contributed by atoms with Gasteiger partial charge in [0.25, 0.3) is 0 Å². The Morgan fingerprint density at radius 2 is 2.00 bits per heavy atom. The maximum Gasteiger partial charge on any atom is 0.227 e. The van der Waals surface area contributed by atoms with E-state index in [1.54, 1.807) is 7.11 Å². The topological polar surface area (TPSA) is 42.0 Å². The van der Waals surface area contributed by atoms with Gasteiger partial charge in [0, 0.05) is 44.9 Å². The Balaban J connectivity index is 1.80. The van der Waals surface area contributed by atoms with Crippen molar-refractivity contribution in [1.29, 1.82) is 0 Å². The molecule has 3 heterocycles. The second kappa shape index (κ2) is 7.66. The number of hydrogen-bond donors (Lipinski definition) is 0. The van der Waals surface area contributed by atoms with Gasteiger partial charge in [-0.15, -0.1) is 0 Å². The van der Waals surface area contributed by atoms with Gasteiger partial charge < -0.3 is 14.4 Å². The Bertz CT molecular complexity index is 641. The predicted molar refractivity (Wildman–Crippen MR) is 88.3 cm³/mol. The van der Waals surface area contributed by atoms with E-state index in [0.29, 0.717) is 32.0 Å². The number of methoxy groups -OCH3 is 2. The van der Waals surface area contributed by atoms with Gasteiger partial charge in [-0.25, -0.2) is 8.78 Å². The van der Waals surface area contributed by atoms with E-state index in [-0.39, 0.29) is 30.0 Å². The minimum atomic E-state index is -0.883. The molecular formula is C18H24F2N2O3. The lowest BCUT2D eigenvalue weighted by Crippen LogP contribution is -2.49. The van der Waals surface area contributed by atoms with E-state index < -0.39 is 11.6 Å². The van der Waals surface area contributed by atoms with Crippen molar-refractivity contribution in [3.8, 4) is 5.75 Å². The zero-order valence-corrected chi connectivity index (χ0v) is 14.6. The minimum Gasteiger partial charge on any atom is -0.496 e. The van der Waals surface area contributed by atoms with Crippen molar-refractivity contribution in [2.24, 2.45) is 5.92 Å². The molecule has 0 N–H and O–H groups in total. The molecule has 138 valence electrons. The number of nitrogens with zero attached hydrogens (tertiary/aromatic N) is 2. The highest BCUT2D eigenvalue weighted by atomic mass is 19.2. The average Bonchev–Trinajstić information content (AvgIpc) is 2.88. The smallest absolute Gasteiger partial charge is 0.227 e. The molecule has 0 radical (unpaired) electrons. The number of rotatable bonds is 6. The van der Waals surface area contributed by atoms with Crippen molar-refractivity contribution in [3.05, 3.63) is 29.3 Å². The van der Waals surface area contributed by atoms with Crippen LogP contribution in [0.2, 0.25) is 0 Å². The molecule has 2 unspecified atom stereocenters. The van der Waals surface area contributed by atoms with Crippen LogP contribution in [0.15, 0.2) is 12.1 Å². The van der Waals surface area contributed by atoms with Gasteiger partial charge in [0.15, 0.2) is 11.6 Å². The lowest BCUT2D eigenvalue weighted by molar-refractivity contribution is -0.140. The van der Waals surface area contributed by atoms with Gasteiger partial charge >= 0.3 is 0 Å². The zero-order valence-electron chi connectivity index (χ0n) is 14.6. The lowest BCUT2D eigenvalue weighted by Gasteiger charge is -2.35. The molecular weight excluding hydrogens is 330 g/mol. The van der Waals surface area contributed by atoms with Gasteiger partial charge in [-0.3, -0.25) is 9.69 Å². The van der Waals surface area contributed by atoms with Crippen molar-refractivity contribution in [2.75, 3.05) is 40.5 Å². The highest BCUT2D eigenvalue weighted by molar-refractivity contribution is 5.80. The third kappa shape index (κ3) is 3.62. The summed E-state index contributed by atoms with van der Waals surface area (Å²) in [4.78, 5) is 16.6. The largest absolute Gasteiger partial charge is 0.496 e. The summed E-state index contributed by atoms with van der Waals surface area (Å²) in [6.45, 7) is 2.50. The molecule has 3 fully saturated rings. The number of hydrogen-bond acceptors (Lipinski definition) is 4. The summed E-state index contributed by atoms with van der Waals surface area (Å²) in [6.07, 6.45) is 1.77. The summed E-state index contributed by atoms with van der Waals surface area (Å²) in [5.74, 6) is -1.39. The van der Waals surface area contributed by atoms with Crippen LogP contribution in [0, 0.1) is 17.6 Å². The van der Waals surface area contributed by atoms with Gasteiger partial charge in [-0.05, 0) is 25.0 Å². The Kier molecular flexibility index (Phi) is 5.54. The van der Waals surface area contributed by atoms with Crippen LogP contribution >= 0.6 is 0 Å². The molecule has 1 amide bonds. The third-order valence-electron chi connectivity index (χ3n) is 5.16. The van der Waals surface area contributed by atoms with Crippen molar-refractivity contribution >= 4 is 5.91 Å². The van der Waals surface area contributed by atoms with Gasteiger partial charge in [0.1, 0.15) is 5.75 Å². The van der Waals surface area contributed by atoms with Crippen molar-refractivity contribution in [2.45, 2.75) is 25.4 Å².